The van der Waals surface area contributed by atoms with Crippen LogP contribution in [0.25, 0.3) is 10.8 Å². The molecule has 2 aromatic rings. The molecule has 1 unspecified atom stereocenters. The van der Waals surface area contributed by atoms with Gasteiger partial charge in [-0.3, -0.25) is 9.59 Å². The number of ether oxygens (including phenoxy) is 1. The van der Waals surface area contributed by atoms with Gasteiger partial charge < -0.3 is 10.1 Å². The van der Waals surface area contributed by atoms with Crippen LogP contribution < -0.4 is 5.32 Å². The number of rotatable bonds is 6. The van der Waals surface area contributed by atoms with E-state index in [1.807, 2.05) is 42.5 Å². The Morgan fingerprint density at radius 1 is 1.17 bits per heavy atom. The number of nitrogens with one attached hydrogen (secondary N) is 1. The first-order valence-electron chi connectivity index (χ1n) is 8.62. The molecule has 0 heterocycles. The Hall–Kier alpha value is -2.36. The minimum atomic E-state index is -0.486. The van der Waals surface area contributed by atoms with Crippen LogP contribution in [-0.4, -0.2) is 25.0 Å². The first-order valence-corrected chi connectivity index (χ1v) is 8.62. The van der Waals surface area contributed by atoms with Crippen molar-refractivity contribution >= 4 is 22.6 Å². The summed E-state index contributed by atoms with van der Waals surface area (Å²) in [6, 6.07) is 13.9. The number of hydrogen-bond acceptors (Lipinski definition) is 3. The quantitative estimate of drug-likeness (QED) is 0.828. The summed E-state index contributed by atoms with van der Waals surface area (Å²) >= 11 is 0. The third kappa shape index (κ3) is 3.42. The number of amides is 1. The van der Waals surface area contributed by atoms with Gasteiger partial charge in [-0.05, 0) is 36.1 Å². The van der Waals surface area contributed by atoms with Crippen LogP contribution >= 0.6 is 0 Å². The lowest BCUT2D eigenvalue weighted by Crippen LogP contribution is -2.38. The van der Waals surface area contributed by atoms with Crippen LogP contribution in [0.2, 0.25) is 0 Å². The van der Waals surface area contributed by atoms with Crippen LogP contribution in [-0.2, 0) is 14.3 Å². The lowest BCUT2D eigenvalue weighted by atomic mass is 9.84. The second-order valence-electron chi connectivity index (χ2n) is 6.25. The van der Waals surface area contributed by atoms with Gasteiger partial charge in [0.25, 0.3) is 0 Å². The normalized spacial score (nSPS) is 15.5. The lowest BCUT2D eigenvalue weighted by Gasteiger charge is -2.25. The minimum absolute atomic E-state index is 0.0517. The van der Waals surface area contributed by atoms with Gasteiger partial charge in [-0.15, -0.1) is 0 Å². The van der Waals surface area contributed by atoms with Crippen LogP contribution in [0.4, 0.5) is 0 Å². The summed E-state index contributed by atoms with van der Waals surface area (Å²) in [4.78, 5) is 24.6. The number of benzene rings is 2. The molecule has 1 aliphatic carbocycles. The molecule has 1 N–H and O–H groups in total. The lowest BCUT2D eigenvalue weighted by molar-refractivity contribution is -0.144. The second kappa shape index (κ2) is 7.47. The third-order valence-electron chi connectivity index (χ3n) is 4.73. The molecule has 1 atom stereocenters. The largest absolute Gasteiger partial charge is 0.465 e. The van der Waals surface area contributed by atoms with Gasteiger partial charge >= 0.3 is 5.97 Å². The van der Waals surface area contributed by atoms with E-state index in [4.69, 9.17) is 4.74 Å². The smallest absolute Gasteiger partial charge is 0.315 e. The minimum Gasteiger partial charge on any atom is -0.465 e. The highest BCUT2D eigenvalue weighted by Crippen LogP contribution is 2.28. The Morgan fingerprint density at radius 3 is 2.62 bits per heavy atom. The van der Waals surface area contributed by atoms with Gasteiger partial charge in [0.05, 0.1) is 12.5 Å². The summed E-state index contributed by atoms with van der Waals surface area (Å²) in [6.45, 7) is 2.41. The van der Waals surface area contributed by atoms with Crippen molar-refractivity contribution in [3.8, 4) is 0 Å². The first kappa shape index (κ1) is 16.5. The van der Waals surface area contributed by atoms with Gasteiger partial charge in [0.1, 0.15) is 0 Å². The molecule has 0 radical (unpaired) electrons. The average Bonchev–Trinajstić information content (AvgIpc) is 2.54. The fourth-order valence-electron chi connectivity index (χ4n) is 3.13. The van der Waals surface area contributed by atoms with Crippen molar-refractivity contribution in [3.05, 3.63) is 48.0 Å². The van der Waals surface area contributed by atoms with Crippen molar-refractivity contribution in [1.82, 2.24) is 5.32 Å². The number of fused-ring (bicyclic) bond motifs is 1. The van der Waals surface area contributed by atoms with E-state index in [2.05, 4.69) is 5.32 Å². The summed E-state index contributed by atoms with van der Waals surface area (Å²) < 4.78 is 5.25. The van der Waals surface area contributed by atoms with E-state index in [1.165, 1.54) is 0 Å². The molecular formula is C20H23NO3. The Labute approximate surface area is 142 Å². The van der Waals surface area contributed by atoms with Gasteiger partial charge in [0.2, 0.25) is 5.91 Å². The number of carbonyl (C=O) groups is 2. The van der Waals surface area contributed by atoms with Crippen molar-refractivity contribution < 1.29 is 14.3 Å². The molecule has 1 saturated carbocycles. The van der Waals surface area contributed by atoms with E-state index in [-0.39, 0.29) is 24.3 Å². The zero-order valence-electron chi connectivity index (χ0n) is 14.0. The molecule has 0 aromatic heterocycles. The van der Waals surface area contributed by atoms with Crippen LogP contribution in [0.15, 0.2) is 42.5 Å². The Balaban J connectivity index is 1.85. The highest BCUT2D eigenvalue weighted by molar-refractivity contribution is 5.91. The molecule has 4 nitrogen and oxygen atoms in total. The highest BCUT2D eigenvalue weighted by Gasteiger charge is 2.28. The van der Waals surface area contributed by atoms with E-state index >= 15 is 0 Å². The van der Waals surface area contributed by atoms with E-state index in [1.54, 1.807) is 6.92 Å². The van der Waals surface area contributed by atoms with Gasteiger partial charge in [-0.2, -0.15) is 0 Å². The zero-order valence-corrected chi connectivity index (χ0v) is 14.0. The summed E-state index contributed by atoms with van der Waals surface area (Å²) in [6.07, 6.45) is 3.01. The monoisotopic (exact) mass is 325 g/mol. The molecular weight excluding hydrogens is 302 g/mol. The van der Waals surface area contributed by atoms with Crippen molar-refractivity contribution in [2.24, 2.45) is 5.92 Å². The van der Waals surface area contributed by atoms with Crippen molar-refractivity contribution in [3.63, 3.8) is 0 Å². The van der Waals surface area contributed by atoms with Gasteiger partial charge in [-0.1, -0.05) is 48.9 Å². The Kier molecular flexibility index (Phi) is 5.14. The predicted octanol–water partition coefficient (Wildman–Crippen LogP) is 3.40. The number of esters is 1. The van der Waals surface area contributed by atoms with Crippen molar-refractivity contribution in [2.75, 3.05) is 13.2 Å². The molecule has 0 bridgehead atoms. The summed E-state index contributed by atoms with van der Waals surface area (Å²) in [7, 11) is 0. The van der Waals surface area contributed by atoms with Crippen LogP contribution in [0.3, 0.4) is 0 Å². The van der Waals surface area contributed by atoms with Crippen molar-refractivity contribution in [1.29, 1.82) is 0 Å². The van der Waals surface area contributed by atoms with E-state index in [0.29, 0.717) is 6.61 Å². The molecule has 2 aromatic carbocycles. The molecule has 0 aliphatic heterocycles. The maximum absolute atomic E-state index is 12.5. The van der Waals surface area contributed by atoms with E-state index in [0.717, 1.165) is 35.6 Å². The standard InChI is InChI=1S/C20H23NO3/c1-2-24-20(23)18(13-21-19(22)15-9-5-10-15)17-12-6-8-14-7-3-4-11-16(14)17/h3-4,6-8,11-12,15,18H,2,5,9-10,13H2,1H3,(H,21,22). The summed E-state index contributed by atoms with van der Waals surface area (Å²) in [5.41, 5.74) is 0.903. The van der Waals surface area contributed by atoms with E-state index in [9.17, 15) is 9.59 Å². The average molecular weight is 325 g/mol. The van der Waals surface area contributed by atoms with Gasteiger partial charge in [-0.25, -0.2) is 0 Å². The number of hydrogen-bond donors (Lipinski definition) is 1. The summed E-state index contributed by atoms with van der Waals surface area (Å²) in [5.74, 6) is -0.612. The maximum Gasteiger partial charge on any atom is 0.315 e. The maximum atomic E-state index is 12.5. The molecule has 1 amide bonds. The predicted molar refractivity (Wildman–Crippen MR) is 93.7 cm³/mol. The molecule has 0 spiro atoms. The topological polar surface area (TPSA) is 55.4 Å². The van der Waals surface area contributed by atoms with E-state index < -0.39 is 5.92 Å². The van der Waals surface area contributed by atoms with Crippen LogP contribution in [0.5, 0.6) is 0 Å². The van der Waals surface area contributed by atoms with Gasteiger partial charge in [0, 0.05) is 12.5 Å². The number of carbonyl (C=O) groups excluding carboxylic acids is 2. The first-order chi connectivity index (χ1) is 11.7. The van der Waals surface area contributed by atoms with Crippen molar-refractivity contribution in [2.45, 2.75) is 32.1 Å². The second-order valence-corrected chi connectivity index (χ2v) is 6.25. The Morgan fingerprint density at radius 2 is 1.92 bits per heavy atom. The molecule has 4 heteroatoms. The molecule has 3 rings (SSSR count). The highest BCUT2D eigenvalue weighted by atomic mass is 16.5. The fourth-order valence-corrected chi connectivity index (χ4v) is 3.13. The SMILES string of the molecule is CCOC(=O)C(CNC(=O)C1CCC1)c1cccc2ccccc12. The molecule has 126 valence electrons. The molecule has 24 heavy (non-hydrogen) atoms. The molecule has 1 aliphatic rings. The van der Waals surface area contributed by atoms with Crippen LogP contribution in [0, 0.1) is 5.92 Å². The van der Waals surface area contributed by atoms with Crippen LogP contribution in [0.1, 0.15) is 37.7 Å². The zero-order chi connectivity index (χ0) is 16.9. The third-order valence-corrected chi connectivity index (χ3v) is 4.73. The molecule has 0 saturated heterocycles. The summed E-state index contributed by atoms with van der Waals surface area (Å²) in [5, 5.41) is 5.05. The Bertz CT molecular complexity index is 731. The van der Waals surface area contributed by atoms with Gasteiger partial charge in [0.15, 0.2) is 0 Å². The fraction of sp³-hybridized carbons (Fsp3) is 0.400. The molecule has 1 fully saturated rings.